The molecule has 134 valence electrons. The predicted octanol–water partition coefficient (Wildman–Crippen LogP) is 4.28. The van der Waals surface area contributed by atoms with Crippen LogP contribution in [0.5, 0.6) is 5.75 Å². The number of nitrogens with zero attached hydrogens (tertiary/aromatic N) is 2. The fourth-order valence-electron chi connectivity index (χ4n) is 2.82. The number of aromatic amines is 1. The van der Waals surface area contributed by atoms with Crippen LogP contribution in [0.15, 0.2) is 67.1 Å². The van der Waals surface area contributed by atoms with Crippen LogP contribution in [0.25, 0.3) is 22.3 Å². The fourth-order valence-corrected chi connectivity index (χ4v) is 2.82. The van der Waals surface area contributed by atoms with Crippen molar-refractivity contribution >= 4 is 28.6 Å². The number of rotatable bonds is 4. The highest BCUT2D eigenvalue weighted by atomic mass is 16.5. The maximum Gasteiger partial charge on any atom is 0.323 e. The van der Waals surface area contributed by atoms with Crippen LogP contribution in [-0.2, 0) is 0 Å². The van der Waals surface area contributed by atoms with Gasteiger partial charge in [-0.15, -0.1) is 0 Å². The second-order valence-corrected chi connectivity index (χ2v) is 5.85. The number of anilines is 2. The summed E-state index contributed by atoms with van der Waals surface area (Å²) in [5.41, 5.74) is 4.91. The van der Waals surface area contributed by atoms with Crippen LogP contribution in [0.3, 0.4) is 0 Å². The Labute approximate surface area is 155 Å². The van der Waals surface area contributed by atoms with Crippen LogP contribution in [0.1, 0.15) is 0 Å². The van der Waals surface area contributed by atoms with Gasteiger partial charge >= 0.3 is 6.03 Å². The second-order valence-electron chi connectivity index (χ2n) is 5.85. The topological polar surface area (TPSA) is 91.9 Å². The molecule has 2 aromatic carbocycles. The molecule has 0 aliphatic carbocycles. The van der Waals surface area contributed by atoms with Gasteiger partial charge in [0, 0.05) is 29.2 Å². The zero-order valence-corrected chi connectivity index (χ0v) is 14.6. The fraction of sp³-hybridized carbons (Fsp3) is 0.0500. The van der Waals surface area contributed by atoms with Crippen molar-refractivity contribution in [3.05, 3.63) is 67.1 Å². The third kappa shape index (κ3) is 3.57. The number of amides is 2. The molecule has 0 aliphatic heterocycles. The minimum Gasteiger partial charge on any atom is -0.497 e. The molecule has 2 amide bonds. The first-order valence-electron chi connectivity index (χ1n) is 8.33. The van der Waals surface area contributed by atoms with Gasteiger partial charge < -0.3 is 20.4 Å². The predicted molar refractivity (Wildman–Crippen MR) is 105 cm³/mol. The van der Waals surface area contributed by atoms with Gasteiger partial charge in [0.25, 0.3) is 0 Å². The summed E-state index contributed by atoms with van der Waals surface area (Å²) in [4.78, 5) is 23.7. The minimum absolute atomic E-state index is 0.323. The third-order valence-electron chi connectivity index (χ3n) is 4.11. The molecule has 0 atom stereocenters. The molecular formula is C20H17N5O2. The number of urea groups is 1. The zero-order chi connectivity index (χ0) is 18.6. The van der Waals surface area contributed by atoms with E-state index in [9.17, 15) is 4.79 Å². The number of hydrogen-bond acceptors (Lipinski definition) is 4. The van der Waals surface area contributed by atoms with Gasteiger partial charge in [0.15, 0.2) is 5.65 Å². The Morgan fingerprint density at radius 2 is 1.81 bits per heavy atom. The number of pyridine rings is 1. The zero-order valence-electron chi connectivity index (χ0n) is 14.6. The summed E-state index contributed by atoms with van der Waals surface area (Å²) in [6.45, 7) is 0. The Balaban J connectivity index is 1.47. The first kappa shape index (κ1) is 16.6. The molecule has 0 bridgehead atoms. The monoisotopic (exact) mass is 359 g/mol. The molecule has 4 rings (SSSR count). The van der Waals surface area contributed by atoms with Crippen LogP contribution in [0, 0.1) is 0 Å². The van der Waals surface area contributed by atoms with Crippen molar-refractivity contribution in [1.29, 1.82) is 0 Å². The third-order valence-corrected chi connectivity index (χ3v) is 4.11. The molecular weight excluding hydrogens is 342 g/mol. The number of nitrogens with one attached hydrogen (secondary N) is 3. The molecule has 0 aliphatic rings. The number of carbonyl (C=O) groups excluding carboxylic acids is 1. The standard InChI is InChI=1S/C20H17N5O2/c1-27-16-4-2-3-15(11-16)25-20(26)24-14-7-5-13(6-8-14)17-9-10-21-19-18(17)22-12-23-19/h2-12H,1H3,(H,21,22,23)(H2,24,25,26). The molecule has 2 heterocycles. The number of benzene rings is 2. The Morgan fingerprint density at radius 1 is 1.00 bits per heavy atom. The van der Waals surface area contributed by atoms with E-state index >= 15 is 0 Å². The molecule has 2 aromatic heterocycles. The van der Waals surface area contributed by atoms with E-state index in [-0.39, 0.29) is 6.03 Å². The Bertz CT molecular complexity index is 1090. The number of fused-ring (bicyclic) bond motifs is 1. The van der Waals surface area contributed by atoms with E-state index in [4.69, 9.17) is 4.74 Å². The number of imidazole rings is 1. The first-order valence-corrected chi connectivity index (χ1v) is 8.33. The lowest BCUT2D eigenvalue weighted by Crippen LogP contribution is -2.19. The smallest absolute Gasteiger partial charge is 0.323 e. The number of ether oxygens (including phenoxy) is 1. The summed E-state index contributed by atoms with van der Waals surface area (Å²) < 4.78 is 5.15. The average molecular weight is 359 g/mol. The number of aromatic nitrogens is 3. The van der Waals surface area contributed by atoms with E-state index in [0.717, 1.165) is 16.6 Å². The highest BCUT2D eigenvalue weighted by molar-refractivity contribution is 6.00. The molecule has 7 nitrogen and oxygen atoms in total. The van der Waals surface area contributed by atoms with Gasteiger partial charge in [-0.3, -0.25) is 0 Å². The molecule has 3 N–H and O–H groups in total. The molecule has 0 unspecified atom stereocenters. The maximum absolute atomic E-state index is 12.2. The van der Waals surface area contributed by atoms with Crippen molar-refractivity contribution in [2.24, 2.45) is 0 Å². The van der Waals surface area contributed by atoms with Gasteiger partial charge in [-0.1, -0.05) is 18.2 Å². The van der Waals surface area contributed by atoms with Crippen LogP contribution >= 0.6 is 0 Å². The molecule has 0 saturated heterocycles. The lowest BCUT2D eigenvalue weighted by molar-refractivity contribution is 0.262. The summed E-state index contributed by atoms with van der Waals surface area (Å²) in [6, 6.07) is 16.4. The molecule has 0 spiro atoms. The Hall–Kier alpha value is -3.87. The van der Waals surface area contributed by atoms with Crippen molar-refractivity contribution in [2.75, 3.05) is 17.7 Å². The molecule has 4 aromatic rings. The van der Waals surface area contributed by atoms with Gasteiger partial charge in [-0.25, -0.2) is 14.8 Å². The average Bonchev–Trinajstić information content (AvgIpc) is 3.17. The van der Waals surface area contributed by atoms with Crippen LogP contribution < -0.4 is 15.4 Å². The quantitative estimate of drug-likeness (QED) is 0.507. The van der Waals surface area contributed by atoms with E-state index in [0.29, 0.717) is 22.8 Å². The maximum atomic E-state index is 12.2. The lowest BCUT2D eigenvalue weighted by Gasteiger charge is -2.09. The molecule has 7 heteroatoms. The number of carbonyl (C=O) groups is 1. The van der Waals surface area contributed by atoms with Gasteiger partial charge in [0.1, 0.15) is 5.75 Å². The summed E-state index contributed by atoms with van der Waals surface area (Å²) in [7, 11) is 1.58. The van der Waals surface area contributed by atoms with Crippen molar-refractivity contribution < 1.29 is 9.53 Å². The number of H-pyrrole nitrogens is 1. The molecule has 0 saturated carbocycles. The highest BCUT2D eigenvalue weighted by Gasteiger charge is 2.08. The first-order chi connectivity index (χ1) is 13.2. The van der Waals surface area contributed by atoms with E-state index in [1.807, 2.05) is 42.5 Å². The van der Waals surface area contributed by atoms with Gasteiger partial charge in [-0.2, -0.15) is 0 Å². The van der Waals surface area contributed by atoms with Gasteiger partial charge in [-0.05, 0) is 35.9 Å². The Morgan fingerprint density at radius 3 is 2.63 bits per heavy atom. The van der Waals surface area contributed by atoms with Crippen LogP contribution in [0.2, 0.25) is 0 Å². The van der Waals surface area contributed by atoms with Crippen molar-refractivity contribution in [3.8, 4) is 16.9 Å². The highest BCUT2D eigenvalue weighted by Crippen LogP contribution is 2.26. The van der Waals surface area contributed by atoms with Gasteiger partial charge in [0.05, 0.1) is 19.0 Å². The van der Waals surface area contributed by atoms with Crippen molar-refractivity contribution in [3.63, 3.8) is 0 Å². The van der Waals surface area contributed by atoms with Gasteiger partial charge in [0.2, 0.25) is 0 Å². The van der Waals surface area contributed by atoms with Crippen molar-refractivity contribution in [1.82, 2.24) is 15.0 Å². The minimum atomic E-state index is -0.323. The van der Waals surface area contributed by atoms with Crippen molar-refractivity contribution in [2.45, 2.75) is 0 Å². The normalized spacial score (nSPS) is 10.6. The summed E-state index contributed by atoms with van der Waals surface area (Å²) in [6.07, 6.45) is 3.35. The van der Waals surface area contributed by atoms with E-state index in [1.165, 1.54) is 0 Å². The number of hydrogen-bond donors (Lipinski definition) is 3. The molecule has 27 heavy (non-hydrogen) atoms. The number of methoxy groups -OCH3 is 1. The second kappa shape index (κ2) is 7.17. The van der Waals surface area contributed by atoms with E-state index in [2.05, 4.69) is 25.6 Å². The molecule has 0 radical (unpaired) electrons. The van der Waals surface area contributed by atoms with Crippen LogP contribution in [0.4, 0.5) is 16.2 Å². The van der Waals surface area contributed by atoms with E-state index in [1.54, 1.807) is 31.8 Å². The molecule has 0 fully saturated rings. The summed E-state index contributed by atoms with van der Waals surface area (Å²) in [5.74, 6) is 0.680. The van der Waals surface area contributed by atoms with Crippen LogP contribution in [-0.4, -0.2) is 28.1 Å². The SMILES string of the molecule is COc1cccc(NC(=O)Nc2ccc(-c3ccnc4nc[nH]c34)cc2)c1. The largest absolute Gasteiger partial charge is 0.497 e. The lowest BCUT2D eigenvalue weighted by atomic mass is 10.1. The summed E-state index contributed by atoms with van der Waals surface area (Å²) >= 11 is 0. The summed E-state index contributed by atoms with van der Waals surface area (Å²) in [5, 5.41) is 5.60. The Kier molecular flexibility index (Phi) is 4.40. The van der Waals surface area contributed by atoms with E-state index < -0.39 is 0 Å².